The predicted molar refractivity (Wildman–Crippen MR) is 71.0 cm³/mol. The molecule has 1 aromatic carbocycles. The SMILES string of the molecule is Cc1n[nH]c(C)c1CNc1ccc2c(c1)CCO2. The Morgan fingerprint density at radius 1 is 1.39 bits per heavy atom. The molecule has 4 heteroatoms. The molecule has 94 valence electrons. The molecule has 1 aliphatic heterocycles. The van der Waals surface area contributed by atoms with Crippen LogP contribution in [0.4, 0.5) is 5.69 Å². The standard InChI is InChI=1S/C14H17N3O/c1-9-13(10(2)17-16-9)8-15-12-3-4-14-11(7-12)5-6-18-14/h3-4,7,15H,5-6,8H2,1-2H3,(H,16,17). The van der Waals surface area contributed by atoms with Gasteiger partial charge in [0.15, 0.2) is 0 Å². The number of rotatable bonds is 3. The minimum Gasteiger partial charge on any atom is -0.493 e. The molecule has 0 fully saturated rings. The van der Waals surface area contributed by atoms with Gasteiger partial charge in [0, 0.05) is 29.9 Å². The van der Waals surface area contributed by atoms with Crippen molar-refractivity contribution in [3.63, 3.8) is 0 Å². The summed E-state index contributed by atoms with van der Waals surface area (Å²) < 4.78 is 5.50. The van der Waals surface area contributed by atoms with Crippen molar-refractivity contribution in [3.05, 3.63) is 40.7 Å². The zero-order chi connectivity index (χ0) is 12.5. The second kappa shape index (κ2) is 4.37. The summed E-state index contributed by atoms with van der Waals surface area (Å²) in [6.45, 7) is 5.68. The van der Waals surface area contributed by atoms with Crippen LogP contribution in [0.25, 0.3) is 0 Å². The van der Waals surface area contributed by atoms with E-state index in [2.05, 4.69) is 27.6 Å². The van der Waals surface area contributed by atoms with Crippen LogP contribution in [0, 0.1) is 13.8 Å². The topological polar surface area (TPSA) is 49.9 Å². The summed E-state index contributed by atoms with van der Waals surface area (Å²) in [6, 6.07) is 6.28. The van der Waals surface area contributed by atoms with Gasteiger partial charge in [-0.25, -0.2) is 0 Å². The van der Waals surface area contributed by atoms with Crippen LogP contribution in [0.3, 0.4) is 0 Å². The van der Waals surface area contributed by atoms with E-state index in [0.717, 1.165) is 42.4 Å². The first kappa shape index (κ1) is 11.1. The van der Waals surface area contributed by atoms with Crippen LogP contribution in [0.2, 0.25) is 0 Å². The van der Waals surface area contributed by atoms with Crippen molar-refractivity contribution in [2.75, 3.05) is 11.9 Å². The maximum Gasteiger partial charge on any atom is 0.122 e. The molecule has 2 N–H and O–H groups in total. The van der Waals surface area contributed by atoms with E-state index in [9.17, 15) is 0 Å². The molecule has 1 aliphatic rings. The van der Waals surface area contributed by atoms with Crippen LogP contribution in [-0.2, 0) is 13.0 Å². The van der Waals surface area contributed by atoms with Gasteiger partial charge in [0.1, 0.15) is 5.75 Å². The lowest BCUT2D eigenvalue weighted by atomic mass is 10.1. The summed E-state index contributed by atoms with van der Waals surface area (Å²) in [4.78, 5) is 0. The van der Waals surface area contributed by atoms with E-state index < -0.39 is 0 Å². The molecule has 4 nitrogen and oxygen atoms in total. The molecular formula is C14H17N3O. The molecule has 0 unspecified atom stereocenters. The maximum absolute atomic E-state index is 5.50. The second-order valence-electron chi connectivity index (χ2n) is 4.69. The summed E-state index contributed by atoms with van der Waals surface area (Å²) in [5.41, 5.74) is 5.86. The van der Waals surface area contributed by atoms with Crippen LogP contribution in [0.5, 0.6) is 5.75 Å². The lowest BCUT2D eigenvalue weighted by molar-refractivity contribution is 0.357. The Kier molecular flexibility index (Phi) is 2.70. The van der Waals surface area contributed by atoms with Crippen LogP contribution in [-0.4, -0.2) is 16.8 Å². The van der Waals surface area contributed by atoms with Gasteiger partial charge in [0.05, 0.1) is 12.3 Å². The molecule has 0 bridgehead atoms. The summed E-state index contributed by atoms with van der Waals surface area (Å²) in [6.07, 6.45) is 1.01. The Balaban J connectivity index is 1.74. The fourth-order valence-electron chi connectivity index (χ4n) is 2.32. The van der Waals surface area contributed by atoms with E-state index >= 15 is 0 Å². The average Bonchev–Trinajstić information content (AvgIpc) is 2.94. The lowest BCUT2D eigenvalue weighted by Gasteiger charge is -2.08. The first-order chi connectivity index (χ1) is 8.74. The maximum atomic E-state index is 5.50. The van der Waals surface area contributed by atoms with E-state index in [-0.39, 0.29) is 0 Å². The highest BCUT2D eigenvalue weighted by Gasteiger charge is 2.12. The Morgan fingerprint density at radius 2 is 2.28 bits per heavy atom. The molecule has 3 rings (SSSR count). The number of benzene rings is 1. The predicted octanol–water partition coefficient (Wildman–Crippen LogP) is 2.57. The van der Waals surface area contributed by atoms with E-state index in [4.69, 9.17) is 4.74 Å². The number of aromatic amines is 1. The van der Waals surface area contributed by atoms with Gasteiger partial charge in [-0.1, -0.05) is 0 Å². The molecule has 2 aromatic rings. The van der Waals surface area contributed by atoms with Gasteiger partial charge in [0.2, 0.25) is 0 Å². The highest BCUT2D eigenvalue weighted by Crippen LogP contribution is 2.28. The van der Waals surface area contributed by atoms with Crippen molar-refractivity contribution < 1.29 is 4.74 Å². The number of aryl methyl sites for hydroxylation is 2. The Morgan fingerprint density at radius 3 is 3.06 bits per heavy atom. The first-order valence-corrected chi connectivity index (χ1v) is 6.24. The van der Waals surface area contributed by atoms with Crippen molar-refractivity contribution in [2.24, 2.45) is 0 Å². The largest absolute Gasteiger partial charge is 0.493 e. The van der Waals surface area contributed by atoms with Crippen molar-refractivity contribution in [2.45, 2.75) is 26.8 Å². The van der Waals surface area contributed by atoms with Gasteiger partial charge in [-0.2, -0.15) is 5.10 Å². The number of nitrogens with one attached hydrogen (secondary N) is 2. The zero-order valence-corrected chi connectivity index (χ0v) is 10.7. The monoisotopic (exact) mass is 243 g/mol. The number of ether oxygens (including phenoxy) is 1. The quantitative estimate of drug-likeness (QED) is 0.871. The molecule has 0 saturated heterocycles. The van der Waals surface area contributed by atoms with Crippen molar-refractivity contribution >= 4 is 5.69 Å². The minimum atomic E-state index is 0.799. The highest BCUT2D eigenvalue weighted by atomic mass is 16.5. The number of hydrogen-bond acceptors (Lipinski definition) is 3. The lowest BCUT2D eigenvalue weighted by Crippen LogP contribution is -2.01. The third-order valence-electron chi connectivity index (χ3n) is 3.44. The Labute approximate surface area is 106 Å². The first-order valence-electron chi connectivity index (χ1n) is 6.24. The van der Waals surface area contributed by atoms with Crippen molar-refractivity contribution in [1.82, 2.24) is 10.2 Å². The van der Waals surface area contributed by atoms with Gasteiger partial charge in [0.25, 0.3) is 0 Å². The van der Waals surface area contributed by atoms with Gasteiger partial charge in [-0.05, 0) is 37.6 Å². The molecule has 2 heterocycles. The number of anilines is 1. The minimum absolute atomic E-state index is 0.799. The van der Waals surface area contributed by atoms with Gasteiger partial charge < -0.3 is 10.1 Å². The van der Waals surface area contributed by atoms with Crippen molar-refractivity contribution in [1.29, 1.82) is 0 Å². The molecule has 0 atom stereocenters. The summed E-state index contributed by atoms with van der Waals surface area (Å²) in [7, 11) is 0. The number of nitrogens with zero attached hydrogens (tertiary/aromatic N) is 1. The molecule has 0 radical (unpaired) electrons. The fourth-order valence-corrected chi connectivity index (χ4v) is 2.32. The number of aromatic nitrogens is 2. The Bertz CT molecular complexity index is 555. The summed E-state index contributed by atoms with van der Waals surface area (Å²) in [5.74, 6) is 1.02. The number of H-pyrrole nitrogens is 1. The van der Waals surface area contributed by atoms with E-state index in [1.807, 2.05) is 19.9 Å². The zero-order valence-electron chi connectivity index (χ0n) is 10.7. The van der Waals surface area contributed by atoms with Crippen molar-refractivity contribution in [3.8, 4) is 5.75 Å². The molecule has 1 aromatic heterocycles. The van der Waals surface area contributed by atoms with Gasteiger partial charge >= 0.3 is 0 Å². The van der Waals surface area contributed by atoms with Crippen LogP contribution >= 0.6 is 0 Å². The number of fused-ring (bicyclic) bond motifs is 1. The van der Waals surface area contributed by atoms with Crippen LogP contribution in [0.1, 0.15) is 22.5 Å². The van der Waals surface area contributed by atoms with Gasteiger partial charge in [-0.3, -0.25) is 5.10 Å². The third kappa shape index (κ3) is 1.94. The van der Waals surface area contributed by atoms with E-state index in [1.54, 1.807) is 0 Å². The molecule has 0 aliphatic carbocycles. The normalized spacial score (nSPS) is 13.2. The molecule has 0 saturated carbocycles. The van der Waals surface area contributed by atoms with Crippen LogP contribution in [0.15, 0.2) is 18.2 Å². The fraction of sp³-hybridized carbons (Fsp3) is 0.357. The highest BCUT2D eigenvalue weighted by molar-refractivity contribution is 5.52. The Hall–Kier alpha value is -1.97. The molecule has 0 amide bonds. The molecule has 18 heavy (non-hydrogen) atoms. The van der Waals surface area contributed by atoms with E-state index in [0.29, 0.717) is 0 Å². The third-order valence-corrected chi connectivity index (χ3v) is 3.44. The summed E-state index contributed by atoms with van der Waals surface area (Å²) in [5, 5.41) is 10.6. The average molecular weight is 243 g/mol. The number of hydrogen-bond donors (Lipinski definition) is 2. The van der Waals surface area contributed by atoms with E-state index in [1.165, 1.54) is 11.1 Å². The van der Waals surface area contributed by atoms with Crippen LogP contribution < -0.4 is 10.1 Å². The smallest absolute Gasteiger partial charge is 0.122 e. The van der Waals surface area contributed by atoms with Gasteiger partial charge in [-0.15, -0.1) is 0 Å². The second-order valence-corrected chi connectivity index (χ2v) is 4.69. The summed E-state index contributed by atoms with van der Waals surface area (Å²) >= 11 is 0. The molecule has 0 spiro atoms. The molecular weight excluding hydrogens is 226 g/mol.